The number of halogens is 4. The Morgan fingerprint density at radius 2 is 1.58 bits per heavy atom. The summed E-state index contributed by atoms with van der Waals surface area (Å²) in [4.78, 5) is 23.5. The maximum Gasteiger partial charge on any atom is 0.417 e. The minimum Gasteiger partial charge on any atom is -0.478 e. The van der Waals surface area contributed by atoms with Gasteiger partial charge in [0.05, 0.1) is 31.5 Å². The van der Waals surface area contributed by atoms with Crippen molar-refractivity contribution < 1.29 is 36.3 Å². The number of carbonyl (C=O) groups is 2. The van der Waals surface area contributed by atoms with E-state index in [1.807, 2.05) is 0 Å². The Labute approximate surface area is 178 Å². The predicted octanol–water partition coefficient (Wildman–Crippen LogP) is 5.10. The first-order chi connectivity index (χ1) is 14.4. The van der Waals surface area contributed by atoms with Gasteiger partial charge in [-0.1, -0.05) is 29.8 Å². The Morgan fingerprint density at radius 3 is 2.23 bits per heavy atom. The van der Waals surface area contributed by atoms with Gasteiger partial charge in [0.25, 0.3) is 0 Å². The third-order valence-corrected chi connectivity index (χ3v) is 7.06. The highest BCUT2D eigenvalue weighted by molar-refractivity contribution is 7.91. The van der Waals surface area contributed by atoms with Gasteiger partial charge in [0.2, 0.25) is 9.84 Å². The number of aromatic carboxylic acids is 1. The highest BCUT2D eigenvalue weighted by Gasteiger charge is 2.38. The van der Waals surface area contributed by atoms with Gasteiger partial charge in [0, 0.05) is 5.56 Å². The van der Waals surface area contributed by atoms with Crippen LogP contribution in [-0.4, -0.2) is 25.3 Å². The number of carboxylic acid groups (broad SMARTS) is 1. The molecule has 4 rings (SSSR count). The van der Waals surface area contributed by atoms with Gasteiger partial charge in [-0.25, -0.2) is 13.2 Å². The van der Waals surface area contributed by atoms with E-state index in [0.717, 1.165) is 36.4 Å². The lowest BCUT2D eigenvalue weighted by Gasteiger charge is -2.21. The summed E-state index contributed by atoms with van der Waals surface area (Å²) in [6, 6.07) is 10.1. The molecule has 5 nitrogen and oxygen atoms in total. The molecule has 0 bridgehead atoms. The van der Waals surface area contributed by atoms with Gasteiger partial charge in [0.15, 0.2) is 5.78 Å². The molecule has 10 heteroatoms. The van der Waals surface area contributed by atoms with Crippen molar-refractivity contribution in [3.63, 3.8) is 0 Å². The van der Waals surface area contributed by atoms with Crippen LogP contribution in [0.3, 0.4) is 0 Å². The van der Waals surface area contributed by atoms with E-state index >= 15 is 0 Å². The topological polar surface area (TPSA) is 88.5 Å². The van der Waals surface area contributed by atoms with E-state index in [0.29, 0.717) is 0 Å². The largest absolute Gasteiger partial charge is 0.478 e. The van der Waals surface area contributed by atoms with E-state index in [2.05, 4.69) is 0 Å². The number of hydrogen-bond acceptors (Lipinski definition) is 4. The number of hydrogen-bond donors (Lipinski definition) is 1. The third kappa shape index (κ3) is 3.30. The van der Waals surface area contributed by atoms with Crippen LogP contribution in [0.2, 0.25) is 5.02 Å². The predicted molar refractivity (Wildman–Crippen MR) is 104 cm³/mol. The molecule has 1 aliphatic rings. The van der Waals surface area contributed by atoms with Crippen molar-refractivity contribution in [2.45, 2.75) is 16.0 Å². The zero-order chi connectivity index (χ0) is 22.7. The van der Waals surface area contributed by atoms with E-state index in [1.165, 1.54) is 18.2 Å². The summed E-state index contributed by atoms with van der Waals surface area (Å²) in [7, 11) is -4.30. The molecule has 0 saturated carbocycles. The summed E-state index contributed by atoms with van der Waals surface area (Å²) in [5, 5.41) is 8.83. The first kappa shape index (κ1) is 21.1. The van der Waals surface area contributed by atoms with Gasteiger partial charge in [-0.15, -0.1) is 0 Å². The smallest absolute Gasteiger partial charge is 0.417 e. The van der Waals surface area contributed by atoms with E-state index in [9.17, 15) is 36.3 Å². The van der Waals surface area contributed by atoms with Crippen molar-refractivity contribution in [1.82, 2.24) is 0 Å². The molecule has 31 heavy (non-hydrogen) atoms. The van der Waals surface area contributed by atoms with Crippen LogP contribution in [0.1, 0.15) is 31.8 Å². The van der Waals surface area contributed by atoms with E-state index in [-0.39, 0.29) is 16.7 Å². The summed E-state index contributed by atoms with van der Waals surface area (Å²) in [6.45, 7) is 0. The van der Waals surface area contributed by atoms with Gasteiger partial charge < -0.3 is 5.11 Å². The fourth-order valence-electron chi connectivity index (χ4n) is 3.45. The number of benzene rings is 3. The van der Waals surface area contributed by atoms with Crippen LogP contribution < -0.4 is 0 Å². The Bertz CT molecular complexity index is 1390. The second-order valence-corrected chi connectivity index (χ2v) is 9.01. The number of carbonyl (C=O) groups excluding carboxylic acids is 1. The molecule has 0 spiro atoms. The molecular formula is C21H10ClF3O5S. The van der Waals surface area contributed by atoms with Gasteiger partial charge in [0.1, 0.15) is 0 Å². The van der Waals surface area contributed by atoms with Crippen molar-refractivity contribution in [1.29, 1.82) is 0 Å². The maximum atomic E-state index is 13.2. The molecule has 0 aromatic heterocycles. The van der Waals surface area contributed by atoms with Crippen LogP contribution in [0.15, 0.2) is 64.4 Å². The van der Waals surface area contributed by atoms with Gasteiger partial charge >= 0.3 is 12.1 Å². The first-order valence-corrected chi connectivity index (χ1v) is 10.5. The van der Waals surface area contributed by atoms with Crippen molar-refractivity contribution in [2.24, 2.45) is 0 Å². The van der Waals surface area contributed by atoms with E-state index in [4.69, 9.17) is 11.6 Å². The Morgan fingerprint density at radius 1 is 0.935 bits per heavy atom. The Hall–Kier alpha value is -3.17. The summed E-state index contributed by atoms with van der Waals surface area (Å²) in [5.41, 5.74) is -2.06. The molecule has 0 aliphatic carbocycles. The van der Waals surface area contributed by atoms with Crippen LogP contribution in [0, 0.1) is 0 Å². The maximum absolute atomic E-state index is 13.2. The van der Waals surface area contributed by atoms with E-state index in [1.54, 1.807) is 0 Å². The number of fused-ring (bicyclic) bond motifs is 2. The molecule has 0 atom stereocenters. The number of carboxylic acids is 1. The van der Waals surface area contributed by atoms with Crippen LogP contribution >= 0.6 is 11.6 Å². The fourth-order valence-corrected chi connectivity index (χ4v) is 5.38. The molecule has 0 unspecified atom stereocenters. The number of sulfone groups is 1. The minimum atomic E-state index is -4.71. The summed E-state index contributed by atoms with van der Waals surface area (Å²) in [5.74, 6) is -2.25. The molecular weight excluding hydrogens is 457 g/mol. The van der Waals surface area contributed by atoms with Crippen LogP contribution in [0.5, 0.6) is 0 Å². The lowest BCUT2D eigenvalue weighted by Crippen LogP contribution is -2.23. The van der Waals surface area contributed by atoms with Crippen molar-refractivity contribution >= 4 is 33.2 Å². The van der Waals surface area contributed by atoms with Crippen LogP contribution in [0.25, 0.3) is 11.1 Å². The second kappa shape index (κ2) is 6.93. The molecule has 3 aromatic rings. The Kier molecular flexibility index (Phi) is 4.71. The molecule has 0 saturated heterocycles. The molecule has 158 valence electrons. The monoisotopic (exact) mass is 466 g/mol. The van der Waals surface area contributed by atoms with Crippen molar-refractivity contribution in [3.8, 4) is 11.1 Å². The summed E-state index contributed by atoms with van der Waals surface area (Å²) >= 11 is 5.64. The number of ketones is 1. The van der Waals surface area contributed by atoms with Crippen molar-refractivity contribution in [2.75, 3.05) is 0 Å². The average molecular weight is 467 g/mol. The average Bonchev–Trinajstić information content (AvgIpc) is 2.71. The van der Waals surface area contributed by atoms with Crippen LogP contribution in [0.4, 0.5) is 13.2 Å². The van der Waals surface area contributed by atoms with E-state index < -0.39 is 59.3 Å². The normalized spacial score (nSPS) is 14.6. The van der Waals surface area contributed by atoms with Gasteiger partial charge in [-0.2, -0.15) is 13.2 Å². The number of alkyl halides is 3. The Balaban J connectivity index is 1.93. The second-order valence-electron chi connectivity index (χ2n) is 6.72. The highest BCUT2D eigenvalue weighted by atomic mass is 35.5. The van der Waals surface area contributed by atoms with Gasteiger partial charge in [-0.3, -0.25) is 4.79 Å². The summed E-state index contributed by atoms with van der Waals surface area (Å²) < 4.78 is 65.8. The highest BCUT2D eigenvalue weighted by Crippen LogP contribution is 2.40. The lowest BCUT2D eigenvalue weighted by molar-refractivity contribution is -0.137. The lowest BCUT2D eigenvalue weighted by atomic mass is 9.95. The standard InChI is InChI=1S/C21H10ClF3O5S/c22-15-7-5-10(8-14(15)21(23,24)25)11-4-6-12-17(9-11)31(29,30)16-3-1-2-13(20(27)28)18(16)19(12)26/h1-9H,(H,27,28). The third-order valence-electron chi connectivity index (χ3n) is 4.89. The number of rotatable bonds is 2. The van der Waals surface area contributed by atoms with Crippen molar-refractivity contribution in [3.05, 3.63) is 81.9 Å². The SMILES string of the molecule is O=C(O)c1cccc2c1C(=O)c1ccc(-c3ccc(Cl)c(C(F)(F)F)c3)cc1S2(=O)=O. The molecule has 1 heterocycles. The molecule has 1 N–H and O–H groups in total. The zero-order valence-electron chi connectivity index (χ0n) is 15.2. The molecule has 3 aromatic carbocycles. The van der Waals surface area contributed by atoms with Crippen LogP contribution in [-0.2, 0) is 16.0 Å². The van der Waals surface area contributed by atoms with Gasteiger partial charge in [-0.05, 0) is 47.5 Å². The fraction of sp³-hybridized carbons (Fsp3) is 0.0476. The first-order valence-electron chi connectivity index (χ1n) is 8.60. The molecule has 0 radical (unpaired) electrons. The quantitative estimate of drug-likeness (QED) is 0.444. The molecule has 1 aliphatic heterocycles. The molecule has 0 amide bonds. The minimum absolute atomic E-state index is 0.0484. The summed E-state index contributed by atoms with van der Waals surface area (Å²) in [6.07, 6.45) is -4.71. The molecule has 0 fully saturated rings. The zero-order valence-corrected chi connectivity index (χ0v) is 16.8.